The summed E-state index contributed by atoms with van der Waals surface area (Å²) in [5, 5.41) is 25.0. The molecule has 1 aliphatic heterocycles. The molecule has 0 saturated carbocycles. The molecule has 2 aromatic carbocycles. The minimum Gasteiger partial charge on any atom is -0.507 e. The van der Waals surface area contributed by atoms with E-state index in [-0.39, 0.29) is 28.9 Å². The maximum absolute atomic E-state index is 12.5. The van der Waals surface area contributed by atoms with Crippen molar-refractivity contribution in [3.63, 3.8) is 0 Å². The van der Waals surface area contributed by atoms with Crippen LogP contribution in [0.3, 0.4) is 0 Å². The van der Waals surface area contributed by atoms with Gasteiger partial charge in [-0.2, -0.15) is 0 Å². The van der Waals surface area contributed by atoms with Gasteiger partial charge in [-0.15, -0.1) is 0 Å². The maximum Gasteiger partial charge on any atom is 0.244 e. The van der Waals surface area contributed by atoms with Gasteiger partial charge in [-0.25, -0.2) is 13.1 Å². The standard InChI is InChI=1S/C21H27N5O4S/c1-14(22)26-11-9-18(13-26)30-17-5-2-15(3-6-17)8-10-25-31(28,29)20-12-16(21(23)24)4-7-19(20)27/h2-7,12,18,22,25,27H,8-11,13H2,1H3,(H3,23,24). The van der Waals surface area contributed by atoms with Crippen molar-refractivity contribution in [3.8, 4) is 11.5 Å². The molecule has 3 rings (SSSR count). The van der Waals surface area contributed by atoms with Gasteiger partial charge in [0.15, 0.2) is 0 Å². The summed E-state index contributed by atoms with van der Waals surface area (Å²) >= 11 is 0. The first-order valence-corrected chi connectivity index (χ1v) is 11.4. The number of nitrogens with two attached hydrogens (primary N) is 1. The normalized spacial score (nSPS) is 16.3. The molecular formula is C21H27N5O4S. The van der Waals surface area contributed by atoms with Crippen molar-refractivity contribution in [2.45, 2.75) is 30.8 Å². The van der Waals surface area contributed by atoms with E-state index < -0.39 is 15.8 Å². The van der Waals surface area contributed by atoms with Gasteiger partial charge in [0.2, 0.25) is 10.0 Å². The van der Waals surface area contributed by atoms with E-state index in [0.717, 1.165) is 24.3 Å². The zero-order chi connectivity index (χ0) is 22.6. The fourth-order valence-corrected chi connectivity index (χ4v) is 4.51. The SMILES string of the molecule is CC(=N)N1CCC(Oc2ccc(CCNS(=O)(=O)c3cc(C(=N)N)ccc3O)cc2)C1. The predicted octanol–water partition coefficient (Wildman–Crippen LogP) is 1.65. The lowest BCUT2D eigenvalue weighted by Crippen LogP contribution is -2.28. The van der Waals surface area contributed by atoms with E-state index >= 15 is 0 Å². The number of likely N-dealkylation sites (tertiary alicyclic amines) is 1. The Morgan fingerprint density at radius 3 is 2.58 bits per heavy atom. The number of benzene rings is 2. The minimum absolute atomic E-state index is 0.0522. The Kier molecular flexibility index (Phi) is 6.81. The summed E-state index contributed by atoms with van der Waals surface area (Å²) in [6.07, 6.45) is 1.38. The number of amidine groups is 2. The summed E-state index contributed by atoms with van der Waals surface area (Å²) in [6.45, 7) is 3.44. The third kappa shape index (κ3) is 5.74. The van der Waals surface area contributed by atoms with Crippen LogP contribution in [0.25, 0.3) is 0 Å². The van der Waals surface area contributed by atoms with Crippen molar-refractivity contribution < 1.29 is 18.3 Å². The van der Waals surface area contributed by atoms with Gasteiger partial charge in [-0.05, 0) is 49.2 Å². The zero-order valence-corrected chi connectivity index (χ0v) is 18.1. The second kappa shape index (κ2) is 9.36. The molecule has 1 saturated heterocycles. The van der Waals surface area contributed by atoms with Gasteiger partial charge in [-0.3, -0.25) is 10.8 Å². The van der Waals surface area contributed by atoms with Gasteiger partial charge in [0.05, 0.1) is 12.4 Å². The summed E-state index contributed by atoms with van der Waals surface area (Å²) in [5.41, 5.74) is 6.55. The van der Waals surface area contributed by atoms with Crippen LogP contribution >= 0.6 is 0 Å². The minimum atomic E-state index is -3.95. The number of nitrogens with zero attached hydrogens (tertiary/aromatic N) is 1. The van der Waals surface area contributed by atoms with E-state index in [1.54, 1.807) is 6.92 Å². The van der Waals surface area contributed by atoms with Gasteiger partial charge in [0.25, 0.3) is 0 Å². The third-order valence-electron chi connectivity index (χ3n) is 5.11. The summed E-state index contributed by atoms with van der Waals surface area (Å²) in [5.74, 6) is 0.606. The van der Waals surface area contributed by atoms with E-state index in [0.29, 0.717) is 18.8 Å². The quantitative estimate of drug-likeness (QED) is 0.308. The fourth-order valence-electron chi connectivity index (χ4n) is 3.36. The number of sulfonamides is 1. The molecule has 6 N–H and O–H groups in total. The van der Waals surface area contributed by atoms with Crippen molar-refractivity contribution in [1.82, 2.24) is 9.62 Å². The predicted molar refractivity (Wildman–Crippen MR) is 118 cm³/mol. The van der Waals surface area contributed by atoms with Crippen molar-refractivity contribution in [2.24, 2.45) is 5.73 Å². The number of hydrogen-bond acceptors (Lipinski definition) is 6. The second-order valence-corrected chi connectivity index (χ2v) is 9.18. The van der Waals surface area contributed by atoms with Gasteiger partial charge in [-0.1, -0.05) is 12.1 Å². The molecule has 0 radical (unpaired) electrons. The molecule has 1 fully saturated rings. The summed E-state index contributed by atoms with van der Waals surface area (Å²) in [6, 6.07) is 11.2. The Balaban J connectivity index is 1.54. The highest BCUT2D eigenvalue weighted by Crippen LogP contribution is 2.24. The maximum atomic E-state index is 12.5. The van der Waals surface area contributed by atoms with Crippen LogP contribution in [0, 0.1) is 10.8 Å². The molecule has 10 heteroatoms. The van der Waals surface area contributed by atoms with Crippen LogP contribution in [0.4, 0.5) is 0 Å². The van der Waals surface area contributed by atoms with Crippen LogP contribution in [0.5, 0.6) is 11.5 Å². The molecule has 1 heterocycles. The highest BCUT2D eigenvalue weighted by atomic mass is 32.2. The molecule has 1 aliphatic rings. The highest BCUT2D eigenvalue weighted by Gasteiger charge is 2.24. The van der Waals surface area contributed by atoms with Crippen molar-refractivity contribution in [3.05, 3.63) is 53.6 Å². The average Bonchev–Trinajstić information content (AvgIpc) is 3.18. The van der Waals surface area contributed by atoms with E-state index in [2.05, 4.69) is 4.72 Å². The van der Waals surface area contributed by atoms with Crippen LogP contribution in [-0.2, 0) is 16.4 Å². The second-order valence-electron chi connectivity index (χ2n) is 7.45. The van der Waals surface area contributed by atoms with Crippen LogP contribution in [0.2, 0.25) is 0 Å². The number of nitrogens with one attached hydrogen (secondary N) is 3. The van der Waals surface area contributed by atoms with Crippen molar-refractivity contribution in [2.75, 3.05) is 19.6 Å². The molecule has 31 heavy (non-hydrogen) atoms. The smallest absolute Gasteiger partial charge is 0.244 e. The van der Waals surface area contributed by atoms with Gasteiger partial charge in [0.1, 0.15) is 28.3 Å². The molecule has 9 nitrogen and oxygen atoms in total. The third-order valence-corrected chi connectivity index (χ3v) is 6.60. The summed E-state index contributed by atoms with van der Waals surface area (Å²) in [7, 11) is -3.95. The van der Waals surface area contributed by atoms with Gasteiger partial charge < -0.3 is 20.5 Å². The van der Waals surface area contributed by atoms with Gasteiger partial charge in [0, 0.05) is 25.1 Å². The highest BCUT2D eigenvalue weighted by molar-refractivity contribution is 7.89. The average molecular weight is 446 g/mol. The van der Waals surface area contributed by atoms with Crippen LogP contribution in [0.1, 0.15) is 24.5 Å². The number of aromatic hydroxyl groups is 1. The van der Waals surface area contributed by atoms with Crippen molar-refractivity contribution >= 4 is 21.7 Å². The van der Waals surface area contributed by atoms with Gasteiger partial charge >= 0.3 is 0 Å². The molecule has 1 unspecified atom stereocenters. The first-order chi connectivity index (χ1) is 14.7. The molecule has 2 aromatic rings. The monoisotopic (exact) mass is 445 g/mol. The van der Waals surface area contributed by atoms with E-state index in [9.17, 15) is 13.5 Å². The number of phenolic OH excluding ortho intramolecular Hbond substituents is 1. The lowest BCUT2D eigenvalue weighted by Gasteiger charge is -2.17. The topological polar surface area (TPSA) is 153 Å². The van der Waals surface area contributed by atoms with Crippen molar-refractivity contribution in [1.29, 1.82) is 10.8 Å². The van der Waals surface area contributed by atoms with Crippen LogP contribution < -0.4 is 15.2 Å². The Labute approximate surface area is 181 Å². The molecule has 166 valence electrons. The van der Waals surface area contributed by atoms with E-state index in [4.69, 9.17) is 21.3 Å². The summed E-state index contributed by atoms with van der Waals surface area (Å²) < 4.78 is 33.5. The van der Waals surface area contributed by atoms with E-state index in [1.165, 1.54) is 18.2 Å². The lowest BCUT2D eigenvalue weighted by atomic mass is 10.1. The van der Waals surface area contributed by atoms with Crippen LogP contribution in [-0.4, -0.2) is 55.8 Å². The molecule has 0 bridgehead atoms. The number of phenols is 1. The molecule has 0 aromatic heterocycles. The molecular weight excluding hydrogens is 418 g/mol. The lowest BCUT2D eigenvalue weighted by molar-refractivity contribution is 0.214. The number of ether oxygens (including phenoxy) is 1. The molecule has 1 atom stereocenters. The number of rotatable bonds is 8. The fraction of sp³-hybridized carbons (Fsp3) is 0.333. The summed E-state index contributed by atoms with van der Waals surface area (Å²) in [4.78, 5) is 1.67. The Bertz CT molecular complexity index is 1070. The zero-order valence-electron chi connectivity index (χ0n) is 17.3. The Morgan fingerprint density at radius 1 is 1.26 bits per heavy atom. The first-order valence-electron chi connectivity index (χ1n) is 9.88. The van der Waals surface area contributed by atoms with Crippen LogP contribution in [0.15, 0.2) is 47.4 Å². The molecule has 0 aliphatic carbocycles. The Morgan fingerprint density at radius 2 is 1.97 bits per heavy atom. The molecule has 0 spiro atoms. The number of hydrogen-bond donors (Lipinski definition) is 5. The Hall–Kier alpha value is -3.11. The first kappa shape index (κ1) is 22.6. The molecule has 0 amide bonds. The number of nitrogen functional groups attached to an aromatic ring is 1. The van der Waals surface area contributed by atoms with E-state index in [1.807, 2.05) is 29.2 Å². The largest absolute Gasteiger partial charge is 0.507 e.